The molecule has 2 fully saturated rings. The molecule has 124 valence electrons. The van der Waals surface area contributed by atoms with Gasteiger partial charge in [0, 0.05) is 25.7 Å². The molecule has 2 heterocycles. The fourth-order valence-corrected chi connectivity index (χ4v) is 4.20. The molecule has 0 bridgehead atoms. The van der Waals surface area contributed by atoms with Crippen LogP contribution >= 0.6 is 0 Å². The maximum Gasteiger partial charge on any atom is 0.0724 e. The second kappa shape index (κ2) is 7.91. The first kappa shape index (κ1) is 17.2. The minimum absolute atomic E-state index is 0.208. The Balaban J connectivity index is 2.03. The molecule has 3 atom stereocenters. The van der Waals surface area contributed by atoms with E-state index in [9.17, 15) is 0 Å². The number of hydrogen-bond acceptors (Lipinski definition) is 4. The molecule has 4 nitrogen and oxygen atoms in total. The van der Waals surface area contributed by atoms with Crippen LogP contribution in [0.15, 0.2) is 0 Å². The summed E-state index contributed by atoms with van der Waals surface area (Å²) in [5, 5.41) is 0. The Hall–Kier alpha value is -0.160. The molecule has 2 rings (SSSR count). The summed E-state index contributed by atoms with van der Waals surface area (Å²) in [6.07, 6.45) is 6.60. The Morgan fingerprint density at radius 1 is 1.24 bits per heavy atom. The van der Waals surface area contributed by atoms with Crippen molar-refractivity contribution in [1.82, 2.24) is 9.80 Å². The maximum absolute atomic E-state index is 6.28. The zero-order valence-corrected chi connectivity index (χ0v) is 14.3. The van der Waals surface area contributed by atoms with Gasteiger partial charge < -0.3 is 15.4 Å². The van der Waals surface area contributed by atoms with Crippen molar-refractivity contribution in [2.45, 2.75) is 57.6 Å². The predicted molar refractivity (Wildman–Crippen MR) is 88.5 cm³/mol. The quantitative estimate of drug-likeness (QED) is 0.842. The third-order valence-electron chi connectivity index (χ3n) is 5.79. The third kappa shape index (κ3) is 3.98. The van der Waals surface area contributed by atoms with Gasteiger partial charge in [0.05, 0.1) is 6.10 Å². The highest BCUT2D eigenvalue weighted by Gasteiger charge is 2.40. The van der Waals surface area contributed by atoms with Crippen molar-refractivity contribution in [3.8, 4) is 0 Å². The van der Waals surface area contributed by atoms with Crippen molar-refractivity contribution in [3.05, 3.63) is 0 Å². The molecule has 3 unspecified atom stereocenters. The number of rotatable bonds is 5. The van der Waals surface area contributed by atoms with Crippen molar-refractivity contribution in [3.63, 3.8) is 0 Å². The topological polar surface area (TPSA) is 41.7 Å². The number of hydrogen-bond donors (Lipinski definition) is 1. The molecular formula is C17H35N3O. The van der Waals surface area contributed by atoms with E-state index in [0.717, 1.165) is 13.1 Å². The zero-order chi connectivity index (χ0) is 15.3. The van der Waals surface area contributed by atoms with Crippen molar-refractivity contribution in [2.24, 2.45) is 11.7 Å². The lowest BCUT2D eigenvalue weighted by Crippen LogP contribution is -2.59. The van der Waals surface area contributed by atoms with E-state index < -0.39 is 0 Å². The fourth-order valence-electron chi connectivity index (χ4n) is 4.20. The molecule has 21 heavy (non-hydrogen) atoms. The minimum atomic E-state index is 0.208. The van der Waals surface area contributed by atoms with Crippen molar-refractivity contribution in [2.75, 3.05) is 46.4 Å². The summed E-state index contributed by atoms with van der Waals surface area (Å²) in [5.41, 5.74) is 6.49. The Morgan fingerprint density at radius 3 is 2.71 bits per heavy atom. The normalized spacial score (nSPS) is 36.6. The van der Waals surface area contributed by atoms with Crippen LogP contribution in [-0.4, -0.2) is 67.8 Å². The van der Waals surface area contributed by atoms with Crippen LogP contribution in [0.5, 0.6) is 0 Å². The lowest BCUT2D eigenvalue weighted by molar-refractivity contribution is -0.0486. The summed E-state index contributed by atoms with van der Waals surface area (Å²) in [5.74, 6) is 0.670. The third-order valence-corrected chi connectivity index (χ3v) is 5.79. The van der Waals surface area contributed by atoms with Gasteiger partial charge in [-0.05, 0) is 64.2 Å². The fraction of sp³-hybridized carbons (Fsp3) is 1.00. The second-order valence-corrected chi connectivity index (χ2v) is 7.11. The molecule has 0 aromatic rings. The average Bonchev–Trinajstić information content (AvgIpc) is 2.71. The highest BCUT2D eigenvalue weighted by molar-refractivity contribution is 4.97. The van der Waals surface area contributed by atoms with Gasteiger partial charge in [0.15, 0.2) is 0 Å². The second-order valence-electron chi connectivity index (χ2n) is 7.11. The van der Waals surface area contributed by atoms with Gasteiger partial charge in [-0.2, -0.15) is 0 Å². The monoisotopic (exact) mass is 297 g/mol. The van der Waals surface area contributed by atoms with E-state index in [1.165, 1.54) is 58.3 Å². The summed E-state index contributed by atoms with van der Waals surface area (Å²) >= 11 is 0. The highest BCUT2D eigenvalue weighted by atomic mass is 16.5. The van der Waals surface area contributed by atoms with Crippen LogP contribution in [0.25, 0.3) is 0 Å². The first-order chi connectivity index (χ1) is 10.1. The van der Waals surface area contributed by atoms with Crippen LogP contribution in [0.2, 0.25) is 0 Å². The molecule has 0 spiro atoms. The molecule has 4 heteroatoms. The molecule has 0 aromatic heterocycles. The van der Waals surface area contributed by atoms with E-state index in [0.29, 0.717) is 12.0 Å². The number of piperidine rings is 1. The van der Waals surface area contributed by atoms with E-state index in [4.69, 9.17) is 10.5 Å². The number of nitrogens with zero attached hydrogens (tertiary/aromatic N) is 2. The van der Waals surface area contributed by atoms with Gasteiger partial charge in [0.1, 0.15) is 0 Å². The lowest BCUT2D eigenvalue weighted by atomic mass is 9.84. The summed E-state index contributed by atoms with van der Waals surface area (Å²) in [6.45, 7) is 11.3. The summed E-state index contributed by atoms with van der Waals surface area (Å²) < 4.78 is 5.71. The van der Waals surface area contributed by atoms with Gasteiger partial charge >= 0.3 is 0 Å². The number of methoxy groups -OCH3 is 1. The summed E-state index contributed by atoms with van der Waals surface area (Å²) in [4.78, 5) is 5.29. The molecule has 2 aliphatic rings. The Kier molecular flexibility index (Phi) is 6.48. The van der Waals surface area contributed by atoms with Crippen LogP contribution in [0.1, 0.15) is 46.0 Å². The largest absolute Gasteiger partial charge is 0.380 e. The van der Waals surface area contributed by atoms with E-state index >= 15 is 0 Å². The van der Waals surface area contributed by atoms with Gasteiger partial charge in [-0.3, -0.25) is 4.90 Å². The lowest BCUT2D eigenvalue weighted by Gasteiger charge is -2.48. The van der Waals surface area contributed by atoms with E-state index in [1.807, 2.05) is 7.11 Å². The van der Waals surface area contributed by atoms with Crippen LogP contribution in [0.4, 0.5) is 0 Å². The summed E-state index contributed by atoms with van der Waals surface area (Å²) in [7, 11) is 1.86. The molecule has 0 saturated carbocycles. The van der Waals surface area contributed by atoms with Crippen LogP contribution in [0.3, 0.4) is 0 Å². The number of likely N-dealkylation sites (tertiary alicyclic amines) is 2. The van der Waals surface area contributed by atoms with Gasteiger partial charge in [0.25, 0.3) is 0 Å². The smallest absolute Gasteiger partial charge is 0.0724 e. The van der Waals surface area contributed by atoms with E-state index in [1.54, 1.807) is 0 Å². The molecule has 0 aromatic carbocycles. The predicted octanol–water partition coefficient (Wildman–Crippen LogP) is 1.94. The summed E-state index contributed by atoms with van der Waals surface area (Å²) in [6, 6.07) is 0. The number of ether oxygens (including phenoxy) is 1. The molecule has 0 aliphatic carbocycles. The average molecular weight is 297 g/mol. The van der Waals surface area contributed by atoms with Crippen LogP contribution in [0, 0.1) is 5.92 Å². The Labute approximate surface area is 131 Å². The van der Waals surface area contributed by atoms with E-state index in [2.05, 4.69) is 23.6 Å². The van der Waals surface area contributed by atoms with Gasteiger partial charge in [-0.25, -0.2) is 0 Å². The van der Waals surface area contributed by atoms with Crippen LogP contribution in [-0.2, 0) is 4.74 Å². The van der Waals surface area contributed by atoms with Crippen LogP contribution < -0.4 is 5.73 Å². The standard InChI is InChI=1S/C17H35N3O/c1-4-9-19-10-5-7-17(14-18,8-12-19)20-11-6-15(2)16(13-20)21-3/h15-16H,4-14,18H2,1-3H3. The molecule has 2 aliphatic heterocycles. The SMILES string of the molecule is CCCN1CCCC(CN)(N2CCC(C)C(OC)C2)CC1. The highest BCUT2D eigenvalue weighted by Crippen LogP contribution is 2.33. The maximum atomic E-state index is 6.28. The Morgan fingerprint density at radius 2 is 2.05 bits per heavy atom. The van der Waals surface area contributed by atoms with Gasteiger partial charge in [-0.15, -0.1) is 0 Å². The minimum Gasteiger partial charge on any atom is -0.380 e. The Bertz CT molecular complexity index is 312. The molecule has 2 N–H and O–H groups in total. The zero-order valence-electron chi connectivity index (χ0n) is 14.3. The van der Waals surface area contributed by atoms with Gasteiger partial charge in [0.2, 0.25) is 0 Å². The van der Waals surface area contributed by atoms with Gasteiger partial charge in [-0.1, -0.05) is 13.8 Å². The molecule has 0 amide bonds. The van der Waals surface area contributed by atoms with E-state index in [-0.39, 0.29) is 5.54 Å². The molecule has 2 saturated heterocycles. The van der Waals surface area contributed by atoms with Crippen molar-refractivity contribution in [1.29, 1.82) is 0 Å². The van der Waals surface area contributed by atoms with Crippen molar-refractivity contribution >= 4 is 0 Å². The van der Waals surface area contributed by atoms with Crippen molar-refractivity contribution < 1.29 is 4.74 Å². The molecule has 0 radical (unpaired) electrons. The number of nitrogens with two attached hydrogens (primary N) is 1. The first-order valence-corrected chi connectivity index (χ1v) is 8.85. The first-order valence-electron chi connectivity index (χ1n) is 8.85. The molecular weight excluding hydrogens is 262 g/mol.